The van der Waals surface area contributed by atoms with Crippen LogP contribution >= 0.6 is 0 Å². The molecular weight excluding hydrogens is 340 g/mol. The number of hydrogen-bond donors (Lipinski definition) is 1. The Morgan fingerprint density at radius 1 is 1.00 bits per heavy atom. The molecule has 0 spiro atoms. The standard InChI is InChI=1S/C22H28N2O3/c25-21(22(11-5-2-6-12-22)24-13-15-26-16-14-24)23-17-19-9-10-20(27-19)18-7-3-1-4-8-18/h1,3-4,7-10H,2,5-6,11-17H2,(H,23,25). The summed E-state index contributed by atoms with van der Waals surface area (Å²) in [4.78, 5) is 15.6. The lowest BCUT2D eigenvalue weighted by Crippen LogP contribution is -2.62. The van der Waals surface area contributed by atoms with Crippen molar-refractivity contribution in [2.75, 3.05) is 26.3 Å². The Labute approximate surface area is 160 Å². The highest BCUT2D eigenvalue weighted by atomic mass is 16.5. The molecule has 1 amide bonds. The van der Waals surface area contributed by atoms with Crippen LogP contribution in [0.15, 0.2) is 46.9 Å². The number of hydrogen-bond acceptors (Lipinski definition) is 4. The molecule has 27 heavy (non-hydrogen) atoms. The van der Waals surface area contributed by atoms with Crippen molar-refractivity contribution in [3.8, 4) is 11.3 Å². The molecule has 2 heterocycles. The first-order chi connectivity index (χ1) is 13.3. The predicted molar refractivity (Wildman–Crippen MR) is 104 cm³/mol. The van der Waals surface area contributed by atoms with Gasteiger partial charge in [-0.25, -0.2) is 0 Å². The van der Waals surface area contributed by atoms with Crippen molar-refractivity contribution in [2.45, 2.75) is 44.2 Å². The highest BCUT2D eigenvalue weighted by Crippen LogP contribution is 2.34. The Bertz CT molecular complexity index is 744. The lowest BCUT2D eigenvalue weighted by atomic mass is 9.79. The van der Waals surface area contributed by atoms with Crippen LogP contribution in [0.4, 0.5) is 0 Å². The molecule has 1 N–H and O–H groups in total. The van der Waals surface area contributed by atoms with E-state index in [9.17, 15) is 4.79 Å². The molecule has 0 bridgehead atoms. The summed E-state index contributed by atoms with van der Waals surface area (Å²) in [6.07, 6.45) is 5.32. The third-order valence-electron chi connectivity index (χ3n) is 5.86. The first kappa shape index (κ1) is 18.3. The molecule has 1 aromatic carbocycles. The predicted octanol–water partition coefficient (Wildman–Crippen LogP) is 3.60. The van der Waals surface area contributed by atoms with Gasteiger partial charge in [0.2, 0.25) is 5.91 Å². The van der Waals surface area contributed by atoms with Crippen molar-refractivity contribution in [3.63, 3.8) is 0 Å². The Morgan fingerprint density at radius 3 is 2.48 bits per heavy atom. The van der Waals surface area contributed by atoms with Crippen molar-refractivity contribution in [2.24, 2.45) is 0 Å². The highest BCUT2D eigenvalue weighted by molar-refractivity contribution is 5.86. The maximum Gasteiger partial charge on any atom is 0.240 e. The Kier molecular flexibility index (Phi) is 5.60. The van der Waals surface area contributed by atoms with Crippen LogP contribution in [0.2, 0.25) is 0 Å². The zero-order valence-corrected chi connectivity index (χ0v) is 15.8. The van der Waals surface area contributed by atoms with Gasteiger partial charge in [-0.15, -0.1) is 0 Å². The van der Waals surface area contributed by atoms with Crippen LogP contribution in [-0.4, -0.2) is 42.6 Å². The normalized spacial score (nSPS) is 20.3. The molecule has 1 saturated heterocycles. The number of ether oxygens (including phenoxy) is 1. The van der Waals surface area contributed by atoms with Gasteiger partial charge in [0.1, 0.15) is 17.1 Å². The third kappa shape index (κ3) is 3.94. The molecule has 5 nitrogen and oxygen atoms in total. The fraction of sp³-hybridized carbons (Fsp3) is 0.500. The summed E-state index contributed by atoms with van der Waals surface area (Å²) in [6.45, 7) is 3.54. The van der Waals surface area contributed by atoms with Gasteiger partial charge in [0, 0.05) is 18.7 Å². The zero-order chi connectivity index (χ0) is 18.5. The molecule has 0 unspecified atom stereocenters. The summed E-state index contributed by atoms with van der Waals surface area (Å²) in [7, 11) is 0. The molecule has 4 rings (SSSR count). The summed E-state index contributed by atoms with van der Waals surface area (Å²) in [6, 6.07) is 13.9. The number of nitrogens with zero attached hydrogens (tertiary/aromatic N) is 1. The van der Waals surface area contributed by atoms with E-state index in [2.05, 4.69) is 10.2 Å². The summed E-state index contributed by atoms with van der Waals surface area (Å²) in [5.74, 6) is 1.76. The Hall–Kier alpha value is -2.11. The molecule has 144 valence electrons. The fourth-order valence-electron chi connectivity index (χ4n) is 4.38. The molecule has 0 radical (unpaired) electrons. The molecule has 1 saturated carbocycles. The minimum Gasteiger partial charge on any atom is -0.459 e. The summed E-state index contributed by atoms with van der Waals surface area (Å²) >= 11 is 0. The van der Waals surface area contributed by atoms with Crippen LogP contribution in [-0.2, 0) is 16.1 Å². The van der Waals surface area contributed by atoms with Crippen molar-refractivity contribution in [1.82, 2.24) is 10.2 Å². The molecule has 1 aliphatic carbocycles. The van der Waals surface area contributed by atoms with E-state index in [1.165, 1.54) is 6.42 Å². The van der Waals surface area contributed by atoms with Gasteiger partial charge >= 0.3 is 0 Å². The Morgan fingerprint density at radius 2 is 1.74 bits per heavy atom. The fourth-order valence-corrected chi connectivity index (χ4v) is 4.38. The number of carbonyl (C=O) groups is 1. The van der Waals surface area contributed by atoms with Gasteiger partial charge in [-0.2, -0.15) is 0 Å². The van der Waals surface area contributed by atoms with Gasteiger partial charge in [-0.05, 0) is 25.0 Å². The van der Waals surface area contributed by atoms with E-state index in [1.54, 1.807) is 0 Å². The summed E-state index contributed by atoms with van der Waals surface area (Å²) in [5, 5.41) is 3.16. The molecule has 2 aliphatic rings. The number of morpholine rings is 1. The second kappa shape index (κ2) is 8.28. The van der Waals surface area contributed by atoms with Gasteiger partial charge in [0.15, 0.2) is 0 Å². The third-order valence-corrected chi connectivity index (χ3v) is 5.86. The SMILES string of the molecule is O=C(NCc1ccc(-c2ccccc2)o1)C1(N2CCOCC2)CCCCC1. The quantitative estimate of drug-likeness (QED) is 0.876. The summed E-state index contributed by atoms with van der Waals surface area (Å²) < 4.78 is 11.4. The van der Waals surface area contributed by atoms with Crippen LogP contribution in [0.25, 0.3) is 11.3 Å². The lowest BCUT2D eigenvalue weighted by molar-refractivity contribution is -0.140. The molecule has 2 fully saturated rings. The van der Waals surface area contributed by atoms with Crippen molar-refractivity contribution < 1.29 is 13.9 Å². The first-order valence-corrected chi connectivity index (χ1v) is 10.0. The number of nitrogens with one attached hydrogen (secondary N) is 1. The number of benzene rings is 1. The molecule has 5 heteroatoms. The van der Waals surface area contributed by atoms with Crippen LogP contribution in [0, 0.1) is 0 Å². The highest BCUT2D eigenvalue weighted by Gasteiger charge is 2.44. The molecular formula is C22H28N2O3. The van der Waals surface area contributed by atoms with Crippen molar-refractivity contribution >= 4 is 5.91 Å². The molecule has 2 aromatic rings. The monoisotopic (exact) mass is 368 g/mol. The van der Waals surface area contributed by atoms with E-state index in [-0.39, 0.29) is 11.4 Å². The average molecular weight is 368 g/mol. The van der Waals surface area contributed by atoms with Gasteiger partial charge in [0.05, 0.1) is 19.8 Å². The number of carbonyl (C=O) groups excluding carboxylic acids is 1. The number of rotatable bonds is 5. The van der Waals surface area contributed by atoms with Gasteiger partial charge in [-0.3, -0.25) is 9.69 Å². The second-order valence-corrected chi connectivity index (χ2v) is 7.51. The zero-order valence-electron chi connectivity index (χ0n) is 15.8. The largest absolute Gasteiger partial charge is 0.459 e. The topological polar surface area (TPSA) is 54.7 Å². The summed E-state index contributed by atoms with van der Waals surface area (Å²) in [5.41, 5.74) is 0.670. The van der Waals surface area contributed by atoms with Crippen LogP contribution < -0.4 is 5.32 Å². The van der Waals surface area contributed by atoms with Crippen LogP contribution in [0.1, 0.15) is 37.9 Å². The van der Waals surface area contributed by atoms with Gasteiger partial charge in [0.25, 0.3) is 0 Å². The molecule has 1 aliphatic heterocycles. The first-order valence-electron chi connectivity index (χ1n) is 10.0. The van der Waals surface area contributed by atoms with E-state index >= 15 is 0 Å². The maximum atomic E-state index is 13.2. The second-order valence-electron chi connectivity index (χ2n) is 7.51. The van der Waals surface area contributed by atoms with Crippen LogP contribution in [0.3, 0.4) is 0 Å². The van der Waals surface area contributed by atoms with Crippen LogP contribution in [0.5, 0.6) is 0 Å². The minimum atomic E-state index is -0.378. The molecule has 0 atom stereocenters. The minimum absolute atomic E-state index is 0.141. The van der Waals surface area contributed by atoms with E-state index in [4.69, 9.17) is 9.15 Å². The van der Waals surface area contributed by atoms with E-state index in [1.807, 2.05) is 42.5 Å². The van der Waals surface area contributed by atoms with Crippen molar-refractivity contribution in [1.29, 1.82) is 0 Å². The number of furan rings is 1. The van der Waals surface area contributed by atoms with Crippen molar-refractivity contribution in [3.05, 3.63) is 48.2 Å². The molecule has 1 aromatic heterocycles. The van der Waals surface area contributed by atoms with E-state index < -0.39 is 0 Å². The average Bonchev–Trinajstić information content (AvgIpc) is 3.23. The van der Waals surface area contributed by atoms with Gasteiger partial charge < -0.3 is 14.5 Å². The van der Waals surface area contributed by atoms with E-state index in [0.29, 0.717) is 19.8 Å². The van der Waals surface area contributed by atoms with Gasteiger partial charge in [-0.1, -0.05) is 49.6 Å². The number of amides is 1. The van der Waals surface area contributed by atoms with E-state index in [0.717, 1.165) is 55.9 Å². The lowest BCUT2D eigenvalue weighted by Gasteiger charge is -2.46. The smallest absolute Gasteiger partial charge is 0.240 e. The maximum absolute atomic E-state index is 13.2. The Balaban J connectivity index is 1.43.